The van der Waals surface area contributed by atoms with Gasteiger partial charge in [0.2, 0.25) is 5.95 Å². The molecule has 1 atom stereocenters. The maximum absolute atomic E-state index is 14.1. The molecule has 3 heterocycles. The molecular weight excluding hydrogens is 472 g/mol. The molecule has 1 aliphatic carbocycles. The maximum Gasteiger partial charge on any atom is 0.266 e. The number of halogens is 3. The fraction of sp³-hybridized carbons (Fsp3) is 0.250. The van der Waals surface area contributed by atoms with Crippen molar-refractivity contribution in [1.82, 2.24) is 29.7 Å². The van der Waals surface area contributed by atoms with Gasteiger partial charge in [0.15, 0.2) is 5.82 Å². The Kier molecular flexibility index (Phi) is 5.09. The van der Waals surface area contributed by atoms with Crippen LogP contribution < -0.4 is 22.3 Å². The molecule has 3 aromatic heterocycles. The average molecular weight is 490 g/mol. The number of aryl methyl sites for hydroxylation is 1. The SMILES string of the molecule is Cc1n[nH]cc1-n1c(C(Nc2nc(N)nc(N)c2Cl)C2CC2)nc2c(Cl)cc(F)cc2c1=O. The lowest BCUT2D eigenvalue weighted by Gasteiger charge is -2.23. The standard InChI is InChI=1S/C20H18Cl2FN9O/c1-7-12(6-26-31-7)32-18(28-15-10(19(32)33)4-9(23)5-11(15)21)14(8-2-3-8)27-17-13(22)16(24)29-20(25)30-17/h4-6,8,14H,2-3H2,1H3,(H,26,31)(H5,24,25,27,29,30). The van der Waals surface area contributed by atoms with Gasteiger partial charge in [-0.15, -0.1) is 0 Å². The average Bonchev–Trinajstić information content (AvgIpc) is 3.51. The minimum Gasteiger partial charge on any atom is -0.382 e. The number of aromatic amines is 1. The van der Waals surface area contributed by atoms with Crippen LogP contribution in [-0.2, 0) is 0 Å². The first-order valence-electron chi connectivity index (χ1n) is 10.0. The number of aromatic nitrogens is 6. The summed E-state index contributed by atoms with van der Waals surface area (Å²) in [6.45, 7) is 1.74. The van der Waals surface area contributed by atoms with Gasteiger partial charge in [0.05, 0.1) is 33.3 Å². The van der Waals surface area contributed by atoms with Gasteiger partial charge in [0.25, 0.3) is 5.56 Å². The van der Waals surface area contributed by atoms with Crippen molar-refractivity contribution in [3.63, 3.8) is 0 Å². The van der Waals surface area contributed by atoms with E-state index in [2.05, 4.69) is 25.5 Å². The number of anilines is 3. The molecule has 1 unspecified atom stereocenters. The Balaban J connectivity index is 1.78. The first kappa shape index (κ1) is 21.4. The summed E-state index contributed by atoms with van der Waals surface area (Å²) in [6, 6.07) is 1.73. The van der Waals surface area contributed by atoms with Crippen molar-refractivity contribution in [2.45, 2.75) is 25.8 Å². The lowest BCUT2D eigenvalue weighted by Crippen LogP contribution is -2.30. The van der Waals surface area contributed by atoms with Gasteiger partial charge in [0.1, 0.15) is 22.5 Å². The van der Waals surface area contributed by atoms with Crippen LogP contribution in [-0.4, -0.2) is 29.7 Å². The van der Waals surface area contributed by atoms with E-state index in [0.29, 0.717) is 17.2 Å². The molecule has 1 fully saturated rings. The smallest absolute Gasteiger partial charge is 0.266 e. The summed E-state index contributed by atoms with van der Waals surface area (Å²) in [6.07, 6.45) is 3.33. The van der Waals surface area contributed by atoms with Crippen LogP contribution in [0.2, 0.25) is 10.0 Å². The Labute approximate surface area is 196 Å². The summed E-state index contributed by atoms with van der Waals surface area (Å²) in [5.41, 5.74) is 12.3. The molecule has 33 heavy (non-hydrogen) atoms. The molecule has 0 saturated heterocycles. The second-order valence-corrected chi connectivity index (χ2v) is 8.62. The number of hydrogen-bond donors (Lipinski definition) is 4. The summed E-state index contributed by atoms with van der Waals surface area (Å²) < 4.78 is 15.5. The van der Waals surface area contributed by atoms with Crippen molar-refractivity contribution in [3.8, 4) is 5.69 Å². The molecule has 13 heteroatoms. The Bertz CT molecular complexity index is 1460. The van der Waals surface area contributed by atoms with E-state index in [1.165, 1.54) is 4.57 Å². The lowest BCUT2D eigenvalue weighted by atomic mass is 10.1. The molecule has 10 nitrogen and oxygen atoms in total. The Morgan fingerprint density at radius 2 is 2.00 bits per heavy atom. The van der Waals surface area contributed by atoms with Crippen molar-refractivity contribution in [2.75, 3.05) is 16.8 Å². The highest BCUT2D eigenvalue weighted by Gasteiger charge is 2.37. The van der Waals surface area contributed by atoms with E-state index in [1.54, 1.807) is 13.1 Å². The Morgan fingerprint density at radius 3 is 2.67 bits per heavy atom. The van der Waals surface area contributed by atoms with Gasteiger partial charge in [-0.3, -0.25) is 14.5 Å². The molecule has 0 amide bonds. The van der Waals surface area contributed by atoms with Crippen LogP contribution in [0.25, 0.3) is 16.6 Å². The van der Waals surface area contributed by atoms with Crippen LogP contribution in [0.3, 0.4) is 0 Å². The number of benzene rings is 1. The maximum atomic E-state index is 14.1. The molecule has 0 bridgehead atoms. The van der Waals surface area contributed by atoms with E-state index in [4.69, 9.17) is 39.7 Å². The van der Waals surface area contributed by atoms with E-state index in [1.807, 2.05) is 0 Å². The zero-order chi connectivity index (χ0) is 23.4. The number of nitrogens with one attached hydrogen (secondary N) is 2. The van der Waals surface area contributed by atoms with Crippen molar-refractivity contribution in [1.29, 1.82) is 0 Å². The third kappa shape index (κ3) is 3.72. The van der Waals surface area contributed by atoms with E-state index in [9.17, 15) is 9.18 Å². The number of nitrogen functional groups attached to an aromatic ring is 2. The highest BCUT2D eigenvalue weighted by atomic mass is 35.5. The van der Waals surface area contributed by atoms with Gasteiger partial charge in [-0.25, -0.2) is 9.37 Å². The van der Waals surface area contributed by atoms with Crippen LogP contribution in [0.5, 0.6) is 0 Å². The van der Waals surface area contributed by atoms with Crippen molar-refractivity contribution >= 4 is 51.7 Å². The molecule has 6 N–H and O–H groups in total. The Morgan fingerprint density at radius 1 is 1.24 bits per heavy atom. The fourth-order valence-electron chi connectivity index (χ4n) is 3.80. The van der Waals surface area contributed by atoms with Crippen molar-refractivity contribution in [3.05, 3.63) is 56.1 Å². The topological polar surface area (TPSA) is 153 Å². The molecule has 1 aromatic carbocycles. The van der Waals surface area contributed by atoms with Gasteiger partial charge in [-0.1, -0.05) is 23.2 Å². The zero-order valence-corrected chi connectivity index (χ0v) is 18.7. The predicted molar refractivity (Wildman–Crippen MR) is 124 cm³/mol. The van der Waals surface area contributed by atoms with E-state index in [-0.39, 0.29) is 44.5 Å². The third-order valence-electron chi connectivity index (χ3n) is 5.52. The van der Waals surface area contributed by atoms with Gasteiger partial charge in [-0.05, 0) is 37.8 Å². The molecule has 0 spiro atoms. The van der Waals surface area contributed by atoms with E-state index >= 15 is 0 Å². The van der Waals surface area contributed by atoms with Crippen LogP contribution in [0.1, 0.15) is 30.4 Å². The second-order valence-electron chi connectivity index (χ2n) is 7.84. The van der Waals surface area contributed by atoms with Gasteiger partial charge in [-0.2, -0.15) is 15.1 Å². The van der Waals surface area contributed by atoms with Crippen LogP contribution in [0.4, 0.5) is 22.0 Å². The first-order chi connectivity index (χ1) is 15.7. The lowest BCUT2D eigenvalue weighted by molar-refractivity contribution is 0.607. The largest absolute Gasteiger partial charge is 0.382 e. The molecule has 0 aliphatic heterocycles. The highest BCUT2D eigenvalue weighted by Crippen LogP contribution is 2.44. The normalized spacial score (nSPS) is 14.5. The van der Waals surface area contributed by atoms with Crippen molar-refractivity contribution < 1.29 is 4.39 Å². The van der Waals surface area contributed by atoms with Gasteiger partial charge in [0, 0.05) is 6.20 Å². The number of nitrogens with zero attached hydrogens (tertiary/aromatic N) is 5. The molecule has 4 aromatic rings. The van der Waals surface area contributed by atoms with Gasteiger partial charge < -0.3 is 16.8 Å². The summed E-state index contributed by atoms with van der Waals surface area (Å²) in [7, 11) is 0. The Hall–Kier alpha value is -3.44. The first-order valence-corrected chi connectivity index (χ1v) is 10.8. The molecular formula is C20H18Cl2FN9O. The highest BCUT2D eigenvalue weighted by molar-refractivity contribution is 6.35. The molecule has 0 radical (unpaired) electrons. The van der Waals surface area contributed by atoms with Crippen LogP contribution >= 0.6 is 23.2 Å². The minimum absolute atomic E-state index is 0.0225. The minimum atomic E-state index is -0.634. The van der Waals surface area contributed by atoms with Crippen molar-refractivity contribution in [2.24, 2.45) is 5.92 Å². The van der Waals surface area contributed by atoms with Crippen LogP contribution in [0, 0.1) is 18.7 Å². The summed E-state index contributed by atoms with van der Waals surface area (Å²) >= 11 is 12.6. The fourth-order valence-corrected chi connectivity index (χ4v) is 4.19. The second kappa shape index (κ2) is 7.85. The number of fused-ring (bicyclic) bond motifs is 1. The summed E-state index contributed by atoms with van der Waals surface area (Å²) in [5.74, 6) is 0.00963. The monoisotopic (exact) mass is 489 g/mol. The molecule has 5 rings (SSSR count). The van der Waals surface area contributed by atoms with Gasteiger partial charge >= 0.3 is 0 Å². The predicted octanol–water partition coefficient (Wildman–Crippen LogP) is 3.38. The summed E-state index contributed by atoms with van der Waals surface area (Å²) in [5, 5.41) is 10.3. The number of hydrogen-bond acceptors (Lipinski definition) is 8. The molecule has 1 saturated carbocycles. The number of H-pyrrole nitrogens is 1. The quantitative estimate of drug-likeness (QED) is 0.332. The number of nitrogens with two attached hydrogens (primary N) is 2. The van der Waals surface area contributed by atoms with E-state index < -0.39 is 17.4 Å². The third-order valence-corrected chi connectivity index (χ3v) is 6.18. The van der Waals surface area contributed by atoms with E-state index in [0.717, 1.165) is 25.0 Å². The zero-order valence-electron chi connectivity index (χ0n) is 17.2. The summed E-state index contributed by atoms with van der Waals surface area (Å²) in [4.78, 5) is 26.4. The molecule has 1 aliphatic rings. The van der Waals surface area contributed by atoms with Crippen LogP contribution in [0.15, 0.2) is 23.1 Å². The number of rotatable bonds is 5. The molecule has 170 valence electrons.